The zero-order chi connectivity index (χ0) is 15.8. The number of benzene rings is 2. The van der Waals surface area contributed by atoms with E-state index in [1.54, 1.807) is 0 Å². The van der Waals surface area contributed by atoms with Crippen molar-refractivity contribution in [2.24, 2.45) is 0 Å². The van der Waals surface area contributed by atoms with Crippen LogP contribution < -0.4 is 0 Å². The van der Waals surface area contributed by atoms with E-state index in [9.17, 15) is 0 Å². The lowest BCUT2D eigenvalue weighted by Gasteiger charge is -2.07. The number of aryl methyl sites for hydroxylation is 2. The Morgan fingerprint density at radius 2 is 1.83 bits per heavy atom. The number of hydrogen-bond donors (Lipinski definition) is 0. The lowest BCUT2D eigenvalue weighted by atomic mass is 10.1. The van der Waals surface area contributed by atoms with Crippen molar-refractivity contribution in [2.45, 2.75) is 19.9 Å². The van der Waals surface area contributed by atoms with Gasteiger partial charge in [-0.05, 0) is 29.7 Å². The van der Waals surface area contributed by atoms with E-state index in [0.717, 1.165) is 35.5 Å². The molecule has 0 aliphatic heterocycles. The number of alkyl halides is 1. The van der Waals surface area contributed by atoms with Gasteiger partial charge in [0.1, 0.15) is 0 Å². The minimum atomic E-state index is 0.563. The third-order valence-corrected chi connectivity index (χ3v) is 4.50. The van der Waals surface area contributed by atoms with Crippen LogP contribution in [-0.2, 0) is 13.0 Å². The second-order valence-electron chi connectivity index (χ2n) is 5.68. The summed E-state index contributed by atoms with van der Waals surface area (Å²) in [7, 11) is 0. The fourth-order valence-corrected chi connectivity index (χ4v) is 3.26. The van der Waals surface area contributed by atoms with Crippen molar-refractivity contribution in [1.29, 1.82) is 0 Å². The van der Waals surface area contributed by atoms with Crippen molar-refractivity contribution >= 4 is 28.4 Å². The molecule has 0 aliphatic rings. The van der Waals surface area contributed by atoms with Crippen molar-refractivity contribution in [3.8, 4) is 11.3 Å². The maximum Gasteiger partial charge on any atom is 0.215 e. The maximum atomic E-state index is 6.04. The molecule has 0 spiro atoms. The van der Waals surface area contributed by atoms with E-state index in [1.165, 1.54) is 11.1 Å². The molecule has 0 N–H and O–H groups in total. The summed E-state index contributed by atoms with van der Waals surface area (Å²) in [6, 6.07) is 17.0. The van der Waals surface area contributed by atoms with Crippen LogP contribution in [0.1, 0.15) is 12.5 Å². The predicted octanol–water partition coefficient (Wildman–Crippen LogP) is 4.76. The molecule has 0 radical (unpaired) electrons. The van der Waals surface area contributed by atoms with E-state index >= 15 is 0 Å². The summed E-state index contributed by atoms with van der Waals surface area (Å²) in [5, 5.41) is 0. The van der Waals surface area contributed by atoms with E-state index in [0.29, 0.717) is 5.88 Å². The second kappa shape index (κ2) is 5.74. The number of fused-ring (bicyclic) bond motifs is 3. The zero-order valence-corrected chi connectivity index (χ0v) is 13.8. The monoisotopic (exact) mass is 323 g/mol. The summed E-state index contributed by atoms with van der Waals surface area (Å²) in [5.74, 6) is 1.51. The lowest BCUT2D eigenvalue weighted by molar-refractivity contribution is 0.796. The molecular weight excluding hydrogens is 306 g/mol. The molecule has 4 rings (SSSR count). The van der Waals surface area contributed by atoms with Gasteiger partial charge < -0.3 is 4.57 Å². The fourth-order valence-electron chi connectivity index (χ4n) is 3.10. The number of imidazole rings is 2. The molecule has 0 bridgehead atoms. The summed E-state index contributed by atoms with van der Waals surface area (Å²) in [4.78, 5) is 4.78. The van der Waals surface area contributed by atoms with Crippen molar-refractivity contribution in [2.75, 3.05) is 5.88 Å². The summed E-state index contributed by atoms with van der Waals surface area (Å²) < 4.78 is 4.36. The van der Waals surface area contributed by atoms with E-state index in [4.69, 9.17) is 16.6 Å². The van der Waals surface area contributed by atoms with Gasteiger partial charge >= 0.3 is 0 Å². The minimum Gasteiger partial charge on any atom is -0.308 e. The SMILES string of the molecule is CCc1ccc(-c2cn3c4ccccc4nc3n2CCCl)cc1. The van der Waals surface area contributed by atoms with E-state index in [1.807, 2.05) is 18.2 Å². The van der Waals surface area contributed by atoms with Gasteiger partial charge in [-0.25, -0.2) is 4.98 Å². The molecule has 4 aromatic rings. The summed E-state index contributed by atoms with van der Waals surface area (Å²) in [6.07, 6.45) is 3.22. The van der Waals surface area contributed by atoms with Crippen LogP contribution in [0.25, 0.3) is 28.1 Å². The van der Waals surface area contributed by atoms with Crippen LogP contribution in [-0.4, -0.2) is 19.8 Å². The highest BCUT2D eigenvalue weighted by Crippen LogP contribution is 2.27. The Morgan fingerprint density at radius 1 is 1.04 bits per heavy atom. The first-order valence-corrected chi connectivity index (χ1v) is 8.47. The molecule has 0 saturated carbocycles. The summed E-state index contributed by atoms with van der Waals surface area (Å²) >= 11 is 6.04. The number of hydrogen-bond acceptors (Lipinski definition) is 1. The molecule has 3 nitrogen and oxygen atoms in total. The quantitative estimate of drug-likeness (QED) is 0.496. The highest BCUT2D eigenvalue weighted by atomic mass is 35.5. The molecule has 0 atom stereocenters. The molecule has 0 amide bonds. The third kappa shape index (κ3) is 2.32. The molecule has 0 aliphatic carbocycles. The normalized spacial score (nSPS) is 11.6. The molecule has 2 aromatic carbocycles. The number of aromatic nitrogens is 3. The minimum absolute atomic E-state index is 0.563. The van der Waals surface area contributed by atoms with Gasteiger partial charge in [0.2, 0.25) is 5.78 Å². The first kappa shape index (κ1) is 14.3. The van der Waals surface area contributed by atoms with Crippen LogP contribution in [0, 0.1) is 0 Å². The van der Waals surface area contributed by atoms with Crippen LogP contribution in [0.15, 0.2) is 54.7 Å². The largest absolute Gasteiger partial charge is 0.308 e. The third-order valence-electron chi connectivity index (χ3n) is 4.33. The van der Waals surface area contributed by atoms with Gasteiger partial charge in [-0.2, -0.15) is 0 Å². The van der Waals surface area contributed by atoms with E-state index in [-0.39, 0.29) is 0 Å². The Kier molecular flexibility index (Phi) is 3.58. The Labute approximate surface area is 140 Å². The van der Waals surface area contributed by atoms with Gasteiger partial charge in [-0.15, -0.1) is 11.6 Å². The molecule has 0 fully saturated rings. The topological polar surface area (TPSA) is 22.2 Å². The standard InChI is InChI=1S/C19H18ClN3/c1-2-14-7-9-15(10-8-14)18-13-23-17-6-4-3-5-16(17)21-19(23)22(18)12-11-20/h3-10,13H,2,11-12H2,1H3. The van der Waals surface area contributed by atoms with E-state index in [2.05, 4.69) is 52.4 Å². The van der Waals surface area contributed by atoms with Gasteiger partial charge in [-0.1, -0.05) is 43.3 Å². The Morgan fingerprint density at radius 3 is 2.57 bits per heavy atom. The first-order chi connectivity index (χ1) is 11.3. The van der Waals surface area contributed by atoms with Gasteiger partial charge in [-0.3, -0.25) is 4.40 Å². The second-order valence-corrected chi connectivity index (χ2v) is 6.05. The molecule has 116 valence electrons. The number of para-hydroxylation sites is 2. The maximum absolute atomic E-state index is 6.04. The molecule has 0 unspecified atom stereocenters. The highest BCUT2D eigenvalue weighted by Gasteiger charge is 2.14. The van der Waals surface area contributed by atoms with E-state index < -0.39 is 0 Å². The van der Waals surface area contributed by atoms with Gasteiger partial charge in [0.25, 0.3) is 0 Å². The predicted molar refractivity (Wildman–Crippen MR) is 96.2 cm³/mol. The van der Waals surface area contributed by atoms with Crippen molar-refractivity contribution < 1.29 is 0 Å². The average Bonchev–Trinajstić information content (AvgIpc) is 3.12. The lowest BCUT2D eigenvalue weighted by Crippen LogP contribution is -2.02. The summed E-state index contributed by atoms with van der Waals surface area (Å²) in [6.45, 7) is 2.91. The average molecular weight is 324 g/mol. The van der Waals surface area contributed by atoms with Crippen LogP contribution in [0.2, 0.25) is 0 Å². The summed E-state index contributed by atoms with van der Waals surface area (Å²) in [5.41, 5.74) is 5.84. The number of rotatable bonds is 4. The molecule has 23 heavy (non-hydrogen) atoms. The van der Waals surface area contributed by atoms with Gasteiger partial charge in [0.05, 0.1) is 16.7 Å². The van der Waals surface area contributed by atoms with Crippen LogP contribution in [0.4, 0.5) is 0 Å². The van der Waals surface area contributed by atoms with Crippen molar-refractivity contribution in [3.63, 3.8) is 0 Å². The molecule has 2 heterocycles. The van der Waals surface area contributed by atoms with Crippen molar-refractivity contribution in [3.05, 3.63) is 60.3 Å². The zero-order valence-electron chi connectivity index (χ0n) is 13.0. The van der Waals surface area contributed by atoms with Gasteiger partial charge in [0.15, 0.2) is 0 Å². The van der Waals surface area contributed by atoms with Crippen molar-refractivity contribution in [1.82, 2.24) is 14.0 Å². The Bertz CT molecular complexity index is 964. The first-order valence-electron chi connectivity index (χ1n) is 7.93. The highest BCUT2D eigenvalue weighted by molar-refractivity contribution is 6.17. The Balaban J connectivity index is 1.95. The molecule has 2 aromatic heterocycles. The molecule has 0 saturated heterocycles. The van der Waals surface area contributed by atoms with Gasteiger partial charge in [0, 0.05) is 18.6 Å². The molecular formula is C19H18ClN3. The smallest absolute Gasteiger partial charge is 0.215 e. The number of nitrogens with zero attached hydrogens (tertiary/aromatic N) is 3. The van der Waals surface area contributed by atoms with Crippen LogP contribution >= 0.6 is 11.6 Å². The number of halogens is 1. The van der Waals surface area contributed by atoms with Crippen LogP contribution in [0.5, 0.6) is 0 Å². The van der Waals surface area contributed by atoms with Crippen LogP contribution in [0.3, 0.4) is 0 Å². The fraction of sp³-hybridized carbons (Fsp3) is 0.211. The Hall–Kier alpha value is -2.26. The molecule has 4 heteroatoms.